The van der Waals surface area contributed by atoms with E-state index in [1.807, 2.05) is 27.7 Å². The maximum Gasteiger partial charge on any atom is 0.229 e. The minimum absolute atomic E-state index is 0.164. The molecule has 0 aliphatic carbocycles. The molecule has 102 valence electrons. The average molecular weight is 261 g/mol. The molecule has 0 aromatic heterocycles. The molecule has 0 radical (unpaired) electrons. The Kier molecular flexibility index (Phi) is 4.59. The fourth-order valence-electron chi connectivity index (χ4n) is 2.29. The SMILES string of the molecule is C/C=C/C(=O)c1c(C)c(C)c(C)c(C)c1C[N+](=O)[O-]. The fourth-order valence-corrected chi connectivity index (χ4v) is 2.29. The minimum Gasteiger partial charge on any atom is -0.289 e. The third-order valence-corrected chi connectivity index (χ3v) is 3.67. The number of hydrogen-bond donors (Lipinski definition) is 0. The topological polar surface area (TPSA) is 60.2 Å². The highest BCUT2D eigenvalue weighted by Gasteiger charge is 2.21. The van der Waals surface area contributed by atoms with Gasteiger partial charge in [-0.1, -0.05) is 6.08 Å². The molecule has 4 heteroatoms. The molecule has 0 N–H and O–H groups in total. The van der Waals surface area contributed by atoms with Crippen molar-refractivity contribution < 1.29 is 9.72 Å². The highest BCUT2D eigenvalue weighted by atomic mass is 16.6. The third-order valence-electron chi connectivity index (χ3n) is 3.67. The summed E-state index contributed by atoms with van der Waals surface area (Å²) in [7, 11) is 0. The van der Waals surface area contributed by atoms with E-state index in [4.69, 9.17) is 0 Å². The third kappa shape index (κ3) is 2.89. The van der Waals surface area contributed by atoms with Gasteiger partial charge in [0, 0.05) is 16.1 Å². The number of hydrogen-bond acceptors (Lipinski definition) is 3. The first-order valence-electron chi connectivity index (χ1n) is 6.19. The number of ketones is 1. The van der Waals surface area contributed by atoms with E-state index in [0.29, 0.717) is 11.1 Å². The maximum atomic E-state index is 12.2. The van der Waals surface area contributed by atoms with E-state index in [1.54, 1.807) is 13.0 Å². The Morgan fingerprint density at radius 2 is 1.63 bits per heavy atom. The quantitative estimate of drug-likeness (QED) is 0.361. The average Bonchev–Trinajstić information content (AvgIpc) is 2.33. The summed E-state index contributed by atoms with van der Waals surface area (Å²) in [5, 5.41) is 10.8. The van der Waals surface area contributed by atoms with Gasteiger partial charge in [0.05, 0.1) is 0 Å². The molecule has 1 rings (SSSR count). The molecule has 0 saturated heterocycles. The van der Waals surface area contributed by atoms with Crippen LogP contribution in [-0.4, -0.2) is 10.7 Å². The maximum absolute atomic E-state index is 12.2. The number of nitrogens with zero attached hydrogens (tertiary/aromatic N) is 1. The molecule has 0 spiro atoms. The Hall–Kier alpha value is -1.97. The number of nitro groups is 1. The Balaban J connectivity index is 3.66. The Morgan fingerprint density at radius 1 is 1.11 bits per heavy atom. The molecule has 0 atom stereocenters. The standard InChI is InChI=1S/C15H19NO3/c1-6-7-14(17)15-12(5)10(3)9(2)11(4)13(15)8-16(18)19/h6-7H,8H2,1-5H3/b7-6+. The smallest absolute Gasteiger partial charge is 0.229 e. The zero-order chi connectivity index (χ0) is 14.7. The molecule has 0 bridgehead atoms. The lowest BCUT2D eigenvalue weighted by atomic mass is 9.87. The summed E-state index contributed by atoms with van der Waals surface area (Å²) in [6, 6.07) is 0. The summed E-state index contributed by atoms with van der Waals surface area (Å²) >= 11 is 0. The van der Waals surface area contributed by atoms with E-state index in [0.717, 1.165) is 22.3 Å². The minimum atomic E-state index is -0.386. The second-order valence-electron chi connectivity index (χ2n) is 4.71. The van der Waals surface area contributed by atoms with E-state index in [1.165, 1.54) is 6.08 Å². The molecule has 0 heterocycles. The van der Waals surface area contributed by atoms with Gasteiger partial charge in [0.15, 0.2) is 5.78 Å². The van der Waals surface area contributed by atoms with Crippen LogP contribution in [0.5, 0.6) is 0 Å². The van der Waals surface area contributed by atoms with Crippen LogP contribution in [-0.2, 0) is 6.54 Å². The van der Waals surface area contributed by atoms with Gasteiger partial charge in [0.2, 0.25) is 6.54 Å². The summed E-state index contributed by atoms with van der Waals surface area (Å²) in [5.41, 5.74) is 4.74. The lowest BCUT2D eigenvalue weighted by Gasteiger charge is -2.17. The molecular weight excluding hydrogens is 242 g/mol. The van der Waals surface area contributed by atoms with E-state index in [-0.39, 0.29) is 17.3 Å². The fraction of sp³-hybridized carbons (Fsp3) is 0.400. The molecule has 0 saturated carbocycles. The zero-order valence-corrected chi connectivity index (χ0v) is 12.0. The number of carbonyl (C=O) groups excluding carboxylic acids is 1. The number of benzene rings is 1. The van der Waals surface area contributed by atoms with Gasteiger partial charge in [-0.05, 0) is 62.9 Å². The largest absolute Gasteiger partial charge is 0.289 e. The molecule has 1 aromatic rings. The zero-order valence-electron chi connectivity index (χ0n) is 12.0. The van der Waals surface area contributed by atoms with Crippen molar-refractivity contribution in [3.05, 3.63) is 55.6 Å². The van der Waals surface area contributed by atoms with Crippen LogP contribution < -0.4 is 0 Å². The highest BCUT2D eigenvalue weighted by molar-refractivity contribution is 6.07. The van der Waals surface area contributed by atoms with Crippen LogP contribution in [0.3, 0.4) is 0 Å². The predicted octanol–water partition coefficient (Wildman–Crippen LogP) is 3.46. The van der Waals surface area contributed by atoms with Crippen molar-refractivity contribution in [2.24, 2.45) is 0 Å². The van der Waals surface area contributed by atoms with E-state index < -0.39 is 0 Å². The number of rotatable bonds is 4. The van der Waals surface area contributed by atoms with Crippen molar-refractivity contribution in [1.82, 2.24) is 0 Å². The highest BCUT2D eigenvalue weighted by Crippen LogP contribution is 2.27. The lowest BCUT2D eigenvalue weighted by Crippen LogP contribution is -2.13. The second kappa shape index (κ2) is 5.78. The van der Waals surface area contributed by atoms with Crippen molar-refractivity contribution >= 4 is 5.78 Å². The second-order valence-corrected chi connectivity index (χ2v) is 4.71. The van der Waals surface area contributed by atoms with Crippen LogP contribution in [0.2, 0.25) is 0 Å². The van der Waals surface area contributed by atoms with E-state index in [2.05, 4.69) is 0 Å². The molecule has 0 unspecified atom stereocenters. The Bertz CT molecular complexity index is 571. The molecule has 1 aromatic carbocycles. The molecule has 0 amide bonds. The summed E-state index contributed by atoms with van der Waals surface area (Å²) in [6.07, 6.45) is 3.11. The summed E-state index contributed by atoms with van der Waals surface area (Å²) in [5.74, 6) is -0.164. The van der Waals surface area contributed by atoms with Crippen molar-refractivity contribution in [1.29, 1.82) is 0 Å². The lowest BCUT2D eigenvalue weighted by molar-refractivity contribution is -0.496. The summed E-state index contributed by atoms with van der Waals surface area (Å²) < 4.78 is 0. The normalized spacial score (nSPS) is 11.0. The summed E-state index contributed by atoms with van der Waals surface area (Å²) in [6.45, 7) is 9.01. The van der Waals surface area contributed by atoms with Gasteiger partial charge in [-0.25, -0.2) is 0 Å². The van der Waals surface area contributed by atoms with Gasteiger partial charge in [0.25, 0.3) is 0 Å². The first-order valence-corrected chi connectivity index (χ1v) is 6.19. The molecule has 4 nitrogen and oxygen atoms in total. The van der Waals surface area contributed by atoms with Gasteiger partial charge in [-0.2, -0.15) is 0 Å². The first kappa shape index (κ1) is 15.1. The first-order chi connectivity index (χ1) is 8.81. The van der Waals surface area contributed by atoms with Crippen LogP contribution in [0.4, 0.5) is 0 Å². The van der Waals surface area contributed by atoms with Crippen molar-refractivity contribution in [3.8, 4) is 0 Å². The van der Waals surface area contributed by atoms with Gasteiger partial charge in [0.1, 0.15) is 0 Å². The molecule has 0 fully saturated rings. The molecule has 0 aliphatic heterocycles. The van der Waals surface area contributed by atoms with Gasteiger partial charge in [-0.3, -0.25) is 14.9 Å². The van der Waals surface area contributed by atoms with Crippen LogP contribution >= 0.6 is 0 Å². The van der Waals surface area contributed by atoms with Crippen LogP contribution in [0.25, 0.3) is 0 Å². The summed E-state index contributed by atoms with van der Waals surface area (Å²) in [4.78, 5) is 22.6. The molecular formula is C15H19NO3. The van der Waals surface area contributed by atoms with Crippen LogP contribution in [0.1, 0.15) is 45.1 Å². The number of carbonyl (C=O) groups is 1. The van der Waals surface area contributed by atoms with Gasteiger partial charge >= 0.3 is 0 Å². The molecule has 0 aliphatic rings. The van der Waals surface area contributed by atoms with E-state index >= 15 is 0 Å². The van der Waals surface area contributed by atoms with E-state index in [9.17, 15) is 14.9 Å². The van der Waals surface area contributed by atoms with Crippen LogP contribution in [0.15, 0.2) is 12.2 Å². The van der Waals surface area contributed by atoms with Crippen molar-refractivity contribution in [3.63, 3.8) is 0 Å². The van der Waals surface area contributed by atoms with Crippen molar-refractivity contribution in [2.75, 3.05) is 0 Å². The van der Waals surface area contributed by atoms with Gasteiger partial charge in [-0.15, -0.1) is 0 Å². The van der Waals surface area contributed by atoms with Crippen LogP contribution in [0, 0.1) is 37.8 Å². The van der Waals surface area contributed by atoms with Gasteiger partial charge < -0.3 is 0 Å². The molecule has 19 heavy (non-hydrogen) atoms. The Morgan fingerprint density at radius 3 is 2.11 bits per heavy atom. The van der Waals surface area contributed by atoms with Crippen molar-refractivity contribution in [2.45, 2.75) is 41.2 Å². The Labute approximate surface area is 113 Å². The number of allylic oxidation sites excluding steroid dienone is 2. The monoisotopic (exact) mass is 261 g/mol. The predicted molar refractivity (Wildman–Crippen MR) is 75.2 cm³/mol.